The normalized spacial score (nSPS) is 32.5. The van der Waals surface area contributed by atoms with Crippen LogP contribution >= 0.6 is 0 Å². The van der Waals surface area contributed by atoms with Crippen LogP contribution in [0.1, 0.15) is 20.3 Å². The molecule has 0 aromatic heterocycles. The number of rotatable bonds is 1. The minimum Gasteiger partial charge on any atom is -0.465 e. The molecule has 76 valence electrons. The van der Waals surface area contributed by atoms with E-state index in [1.54, 1.807) is 0 Å². The number of nitrogens with one attached hydrogen (secondary N) is 1. The first kappa shape index (κ1) is 10.3. The van der Waals surface area contributed by atoms with Crippen molar-refractivity contribution in [3.8, 4) is 0 Å². The Morgan fingerprint density at radius 3 is 2.69 bits per heavy atom. The Hall–Kier alpha value is -0.810. The summed E-state index contributed by atoms with van der Waals surface area (Å²) in [5.41, 5.74) is -0.365. The smallest absolute Gasteiger partial charge is 0.405 e. The molecule has 0 aromatic rings. The molecule has 0 unspecified atom stereocenters. The summed E-state index contributed by atoms with van der Waals surface area (Å²) in [6.07, 6.45) is -1.36. The van der Waals surface area contributed by atoms with E-state index in [4.69, 9.17) is 9.84 Å². The molecule has 1 saturated heterocycles. The Kier molecular flexibility index (Phi) is 2.77. The number of hydrogen-bond acceptors (Lipinski definition) is 3. The van der Waals surface area contributed by atoms with Gasteiger partial charge in [0.25, 0.3) is 0 Å². The molecule has 13 heavy (non-hydrogen) atoms. The van der Waals surface area contributed by atoms with Gasteiger partial charge in [-0.3, -0.25) is 0 Å². The summed E-state index contributed by atoms with van der Waals surface area (Å²) in [5, 5.41) is 20.2. The fraction of sp³-hybridized carbons (Fsp3) is 0.875. The average molecular weight is 189 g/mol. The summed E-state index contributed by atoms with van der Waals surface area (Å²) >= 11 is 0. The fourth-order valence-corrected chi connectivity index (χ4v) is 1.43. The second-order valence-corrected chi connectivity index (χ2v) is 3.90. The van der Waals surface area contributed by atoms with Crippen LogP contribution in [0.4, 0.5) is 4.79 Å². The van der Waals surface area contributed by atoms with Gasteiger partial charge >= 0.3 is 6.09 Å². The Morgan fingerprint density at radius 1 is 1.62 bits per heavy atom. The Bertz CT molecular complexity index is 204. The van der Waals surface area contributed by atoms with Crippen molar-refractivity contribution < 1.29 is 19.7 Å². The molecule has 1 amide bonds. The molecule has 1 aliphatic heterocycles. The van der Waals surface area contributed by atoms with Crippen LogP contribution in [0.25, 0.3) is 0 Å². The molecule has 1 heterocycles. The first-order chi connectivity index (χ1) is 5.91. The molecule has 5 heteroatoms. The van der Waals surface area contributed by atoms with Gasteiger partial charge in [0.2, 0.25) is 0 Å². The van der Waals surface area contributed by atoms with E-state index in [-0.39, 0.29) is 12.2 Å². The summed E-state index contributed by atoms with van der Waals surface area (Å²) < 4.78 is 5.36. The number of aliphatic hydroxyl groups excluding tert-OH is 1. The van der Waals surface area contributed by atoms with Crippen molar-refractivity contribution in [3.05, 3.63) is 0 Å². The highest BCUT2D eigenvalue weighted by Crippen LogP contribution is 2.24. The van der Waals surface area contributed by atoms with Crippen molar-refractivity contribution in [1.82, 2.24) is 5.32 Å². The first-order valence-electron chi connectivity index (χ1n) is 4.22. The van der Waals surface area contributed by atoms with Crippen molar-refractivity contribution in [2.75, 3.05) is 6.61 Å². The topological polar surface area (TPSA) is 78.8 Å². The van der Waals surface area contributed by atoms with Crippen molar-refractivity contribution in [2.45, 2.75) is 38.0 Å². The molecule has 0 bridgehead atoms. The SMILES string of the molecule is CC1(C)C[C@@H](O)[C@@H](NC(=O)O)CO1. The molecule has 5 nitrogen and oxygen atoms in total. The molecule has 1 fully saturated rings. The molecular weight excluding hydrogens is 174 g/mol. The van der Waals surface area contributed by atoms with Crippen LogP contribution < -0.4 is 5.32 Å². The second kappa shape index (κ2) is 3.51. The highest BCUT2D eigenvalue weighted by atomic mass is 16.5. The van der Waals surface area contributed by atoms with Gasteiger partial charge in [0.1, 0.15) is 0 Å². The standard InChI is InChI=1S/C8H15NO4/c1-8(2)3-6(10)5(4-13-8)9-7(11)12/h5-6,9-10H,3-4H2,1-2H3,(H,11,12)/t5-,6+/m0/s1. The number of ether oxygens (including phenoxy) is 1. The van der Waals surface area contributed by atoms with Crippen molar-refractivity contribution in [3.63, 3.8) is 0 Å². The summed E-state index contributed by atoms with van der Waals surface area (Å²) in [6, 6.07) is -0.509. The maximum atomic E-state index is 10.3. The van der Waals surface area contributed by atoms with E-state index >= 15 is 0 Å². The lowest BCUT2D eigenvalue weighted by molar-refractivity contribution is -0.112. The monoisotopic (exact) mass is 189 g/mol. The zero-order valence-electron chi connectivity index (χ0n) is 7.78. The molecular formula is C8H15NO4. The van der Waals surface area contributed by atoms with E-state index in [9.17, 15) is 9.90 Å². The molecule has 0 saturated carbocycles. The summed E-state index contributed by atoms with van der Waals surface area (Å²) in [7, 11) is 0. The molecule has 0 spiro atoms. The zero-order chi connectivity index (χ0) is 10.1. The number of amides is 1. The number of carboxylic acid groups (broad SMARTS) is 1. The lowest BCUT2D eigenvalue weighted by atomic mass is 9.93. The van der Waals surface area contributed by atoms with E-state index in [2.05, 4.69) is 5.32 Å². The molecule has 0 aromatic carbocycles. The largest absolute Gasteiger partial charge is 0.465 e. The maximum Gasteiger partial charge on any atom is 0.405 e. The maximum absolute atomic E-state index is 10.3. The lowest BCUT2D eigenvalue weighted by Gasteiger charge is -2.38. The predicted octanol–water partition coefficient (Wildman–Crippen LogP) is 0.182. The molecule has 0 radical (unpaired) electrons. The van der Waals surface area contributed by atoms with Crippen molar-refractivity contribution in [2.24, 2.45) is 0 Å². The number of hydrogen-bond donors (Lipinski definition) is 3. The third-order valence-corrected chi connectivity index (χ3v) is 2.13. The van der Waals surface area contributed by atoms with E-state index in [1.165, 1.54) is 0 Å². The highest BCUT2D eigenvalue weighted by molar-refractivity contribution is 5.65. The highest BCUT2D eigenvalue weighted by Gasteiger charge is 2.35. The molecule has 2 atom stereocenters. The van der Waals surface area contributed by atoms with Crippen LogP contribution in [0.5, 0.6) is 0 Å². The number of carbonyl (C=O) groups is 1. The second-order valence-electron chi connectivity index (χ2n) is 3.90. The van der Waals surface area contributed by atoms with Crippen molar-refractivity contribution in [1.29, 1.82) is 0 Å². The van der Waals surface area contributed by atoms with Gasteiger partial charge in [0.15, 0.2) is 0 Å². The minimum absolute atomic E-state index is 0.223. The van der Waals surface area contributed by atoms with Gasteiger partial charge in [-0.1, -0.05) is 0 Å². The van der Waals surface area contributed by atoms with E-state index in [0.717, 1.165) is 0 Å². The van der Waals surface area contributed by atoms with Gasteiger partial charge in [-0.15, -0.1) is 0 Å². The minimum atomic E-state index is -1.13. The van der Waals surface area contributed by atoms with Gasteiger partial charge in [-0.05, 0) is 13.8 Å². The van der Waals surface area contributed by atoms with Crippen LogP contribution in [-0.4, -0.2) is 40.7 Å². The van der Waals surface area contributed by atoms with Crippen molar-refractivity contribution >= 4 is 6.09 Å². The van der Waals surface area contributed by atoms with Crippen LogP contribution in [0.2, 0.25) is 0 Å². The number of aliphatic hydroxyl groups is 1. The van der Waals surface area contributed by atoms with Gasteiger partial charge in [0, 0.05) is 6.42 Å². The molecule has 0 aliphatic carbocycles. The van der Waals surface area contributed by atoms with Gasteiger partial charge in [0.05, 0.1) is 24.4 Å². The van der Waals surface area contributed by atoms with Gasteiger partial charge in [-0.25, -0.2) is 4.79 Å². The summed E-state index contributed by atoms with van der Waals surface area (Å²) in [4.78, 5) is 10.3. The summed E-state index contributed by atoms with van der Waals surface area (Å²) in [5.74, 6) is 0. The quantitative estimate of drug-likeness (QED) is 0.550. The van der Waals surface area contributed by atoms with Crippen LogP contribution in [0.3, 0.4) is 0 Å². The van der Waals surface area contributed by atoms with Gasteiger partial charge in [-0.2, -0.15) is 0 Å². The third-order valence-electron chi connectivity index (χ3n) is 2.13. The Labute approximate surface area is 76.7 Å². The molecule has 3 N–H and O–H groups in total. The predicted molar refractivity (Wildman–Crippen MR) is 45.6 cm³/mol. The van der Waals surface area contributed by atoms with Crippen LogP contribution in [0, 0.1) is 0 Å². The first-order valence-corrected chi connectivity index (χ1v) is 4.22. The average Bonchev–Trinajstić information content (AvgIpc) is 1.93. The third kappa shape index (κ3) is 2.86. The Morgan fingerprint density at radius 2 is 2.23 bits per heavy atom. The molecule has 1 rings (SSSR count). The van der Waals surface area contributed by atoms with Gasteiger partial charge < -0.3 is 20.3 Å². The van der Waals surface area contributed by atoms with Crippen LogP contribution in [0.15, 0.2) is 0 Å². The van der Waals surface area contributed by atoms with Crippen LogP contribution in [-0.2, 0) is 4.74 Å². The molecule has 1 aliphatic rings. The zero-order valence-corrected chi connectivity index (χ0v) is 7.78. The van der Waals surface area contributed by atoms with E-state index in [0.29, 0.717) is 6.42 Å². The van der Waals surface area contributed by atoms with E-state index < -0.39 is 18.2 Å². The summed E-state index contributed by atoms with van der Waals surface area (Å²) in [6.45, 7) is 3.96. The lowest BCUT2D eigenvalue weighted by Crippen LogP contribution is -2.53. The Balaban J connectivity index is 2.49. The fourth-order valence-electron chi connectivity index (χ4n) is 1.43. The van der Waals surface area contributed by atoms with E-state index in [1.807, 2.05) is 13.8 Å².